The van der Waals surface area contributed by atoms with Crippen molar-refractivity contribution in [3.63, 3.8) is 0 Å². The fourth-order valence-corrected chi connectivity index (χ4v) is 3.62. The Morgan fingerprint density at radius 3 is 2.70 bits per heavy atom. The fourth-order valence-electron chi connectivity index (χ4n) is 3.62. The second-order valence-corrected chi connectivity index (χ2v) is 7.37. The Bertz CT molecular complexity index is 1190. The number of furan rings is 1. The van der Waals surface area contributed by atoms with Crippen LogP contribution in [0.15, 0.2) is 83.7 Å². The molecule has 150 valence electrons. The Morgan fingerprint density at radius 2 is 1.87 bits per heavy atom. The summed E-state index contributed by atoms with van der Waals surface area (Å²) < 4.78 is 8.10. The smallest absolute Gasteiger partial charge is 0.156 e. The zero-order valence-electron chi connectivity index (χ0n) is 16.6. The maximum Gasteiger partial charge on any atom is 0.156 e. The third-order valence-electron chi connectivity index (χ3n) is 5.14. The van der Waals surface area contributed by atoms with E-state index in [0.717, 1.165) is 54.0 Å². The molecule has 6 heteroatoms. The van der Waals surface area contributed by atoms with Crippen LogP contribution in [0, 0.1) is 0 Å². The molecular formula is C24H23N5O. The first-order chi connectivity index (χ1) is 14.8. The van der Waals surface area contributed by atoms with Crippen molar-refractivity contribution in [1.82, 2.24) is 25.3 Å². The number of nitrogens with zero attached hydrogens (tertiary/aromatic N) is 3. The number of para-hydroxylation sites is 1. The Hall–Kier alpha value is -3.64. The summed E-state index contributed by atoms with van der Waals surface area (Å²) in [6, 6.07) is 20.5. The molecule has 0 radical (unpaired) electrons. The lowest BCUT2D eigenvalue weighted by molar-refractivity contribution is 0.619. The predicted molar refractivity (Wildman–Crippen MR) is 117 cm³/mol. The molecule has 0 saturated heterocycles. The van der Waals surface area contributed by atoms with Crippen LogP contribution in [0.5, 0.6) is 0 Å². The van der Waals surface area contributed by atoms with Crippen LogP contribution in [0.25, 0.3) is 22.4 Å². The zero-order valence-corrected chi connectivity index (χ0v) is 16.6. The number of benzene rings is 2. The minimum atomic E-state index is 0.721. The number of aromatic amines is 1. The summed E-state index contributed by atoms with van der Waals surface area (Å²) >= 11 is 0. The van der Waals surface area contributed by atoms with Crippen molar-refractivity contribution < 1.29 is 4.42 Å². The summed E-state index contributed by atoms with van der Waals surface area (Å²) in [6.07, 6.45) is 6.83. The van der Waals surface area contributed by atoms with Gasteiger partial charge in [0.2, 0.25) is 0 Å². The van der Waals surface area contributed by atoms with E-state index >= 15 is 0 Å². The Morgan fingerprint density at radius 1 is 1.00 bits per heavy atom. The van der Waals surface area contributed by atoms with Gasteiger partial charge in [-0.15, -0.1) is 0 Å². The molecule has 5 aromatic rings. The van der Waals surface area contributed by atoms with Gasteiger partial charge in [0.05, 0.1) is 12.7 Å². The summed E-state index contributed by atoms with van der Waals surface area (Å²) in [5.74, 6) is 0.801. The molecule has 6 nitrogen and oxygen atoms in total. The third-order valence-corrected chi connectivity index (χ3v) is 5.14. The van der Waals surface area contributed by atoms with Crippen LogP contribution in [-0.2, 0) is 19.5 Å². The number of nitrogens with one attached hydrogen (secondary N) is 2. The first-order valence-electron chi connectivity index (χ1n) is 10.1. The van der Waals surface area contributed by atoms with Gasteiger partial charge in [-0.2, -0.15) is 10.2 Å². The van der Waals surface area contributed by atoms with E-state index in [0.29, 0.717) is 0 Å². The number of rotatable bonds is 8. The van der Waals surface area contributed by atoms with Gasteiger partial charge < -0.3 is 9.73 Å². The summed E-state index contributed by atoms with van der Waals surface area (Å²) in [7, 11) is 0. The second-order valence-electron chi connectivity index (χ2n) is 7.37. The third kappa shape index (κ3) is 4.04. The molecule has 2 aromatic carbocycles. The number of fused-ring (bicyclic) bond motifs is 1. The molecule has 0 atom stereocenters. The average molecular weight is 397 g/mol. The van der Waals surface area contributed by atoms with Crippen LogP contribution in [0.1, 0.15) is 16.7 Å². The van der Waals surface area contributed by atoms with E-state index in [1.807, 2.05) is 41.3 Å². The number of aromatic nitrogens is 4. The topological polar surface area (TPSA) is 71.7 Å². The van der Waals surface area contributed by atoms with Crippen molar-refractivity contribution in [2.75, 3.05) is 6.54 Å². The molecule has 0 spiro atoms. The van der Waals surface area contributed by atoms with Gasteiger partial charge in [-0.25, -0.2) is 0 Å². The first kappa shape index (κ1) is 18.4. The molecule has 30 heavy (non-hydrogen) atoms. The molecule has 0 unspecified atom stereocenters. The molecule has 5 rings (SSSR count). The quantitative estimate of drug-likeness (QED) is 0.381. The van der Waals surface area contributed by atoms with Gasteiger partial charge in [0.1, 0.15) is 11.3 Å². The summed E-state index contributed by atoms with van der Waals surface area (Å²) in [5.41, 5.74) is 5.30. The summed E-state index contributed by atoms with van der Waals surface area (Å²) in [6.45, 7) is 2.31. The zero-order chi connectivity index (χ0) is 20.2. The van der Waals surface area contributed by atoms with Crippen molar-refractivity contribution in [2.45, 2.75) is 19.5 Å². The summed E-state index contributed by atoms with van der Waals surface area (Å²) in [4.78, 5) is 0. The molecular weight excluding hydrogens is 374 g/mol. The van der Waals surface area contributed by atoms with E-state index in [2.05, 4.69) is 58.1 Å². The van der Waals surface area contributed by atoms with Crippen LogP contribution in [0.3, 0.4) is 0 Å². The maximum absolute atomic E-state index is 6.11. The van der Waals surface area contributed by atoms with E-state index < -0.39 is 0 Å². The monoisotopic (exact) mass is 397 g/mol. The highest BCUT2D eigenvalue weighted by Gasteiger charge is 2.15. The van der Waals surface area contributed by atoms with Gasteiger partial charge in [-0.05, 0) is 36.2 Å². The van der Waals surface area contributed by atoms with Crippen LogP contribution < -0.4 is 5.32 Å². The van der Waals surface area contributed by atoms with Crippen molar-refractivity contribution in [3.05, 3.63) is 95.9 Å². The molecule has 0 aliphatic rings. The lowest BCUT2D eigenvalue weighted by atomic mass is 10.2. The van der Waals surface area contributed by atoms with E-state index in [1.165, 1.54) is 11.1 Å². The van der Waals surface area contributed by atoms with E-state index in [-0.39, 0.29) is 0 Å². The highest BCUT2D eigenvalue weighted by molar-refractivity contribution is 5.82. The van der Waals surface area contributed by atoms with Crippen molar-refractivity contribution in [2.24, 2.45) is 0 Å². The van der Waals surface area contributed by atoms with Gasteiger partial charge >= 0.3 is 0 Å². The van der Waals surface area contributed by atoms with E-state index in [1.54, 1.807) is 0 Å². The lowest BCUT2D eigenvalue weighted by Gasteiger charge is -2.03. The maximum atomic E-state index is 6.11. The number of hydrogen-bond donors (Lipinski definition) is 2. The molecule has 3 aromatic heterocycles. The van der Waals surface area contributed by atoms with Crippen LogP contribution in [0.2, 0.25) is 0 Å². The van der Waals surface area contributed by atoms with Gasteiger partial charge in [-0.3, -0.25) is 9.78 Å². The molecule has 2 N–H and O–H groups in total. The van der Waals surface area contributed by atoms with Crippen LogP contribution in [0.4, 0.5) is 0 Å². The molecule has 0 aliphatic carbocycles. The van der Waals surface area contributed by atoms with Crippen molar-refractivity contribution >= 4 is 11.0 Å². The summed E-state index contributed by atoms with van der Waals surface area (Å²) in [5, 5.41) is 16.3. The minimum absolute atomic E-state index is 0.721. The van der Waals surface area contributed by atoms with Crippen LogP contribution in [-0.4, -0.2) is 26.5 Å². The normalized spacial score (nSPS) is 11.3. The average Bonchev–Trinajstić information content (AvgIpc) is 3.51. The highest BCUT2D eigenvalue weighted by Crippen LogP contribution is 2.29. The lowest BCUT2D eigenvalue weighted by Crippen LogP contribution is -2.16. The largest absolute Gasteiger partial charge is 0.454 e. The molecule has 0 bridgehead atoms. The first-order valence-corrected chi connectivity index (χ1v) is 10.1. The van der Waals surface area contributed by atoms with Crippen LogP contribution >= 0.6 is 0 Å². The molecule has 0 aliphatic heterocycles. The Labute approximate surface area is 174 Å². The standard InChI is InChI=1S/C24H23N5O/c1-2-6-18(7-3-1)16-29-17-21(15-25-11-10-19-13-26-27-14-19)24(28-29)23-12-20-8-4-5-9-22(20)30-23/h1-9,12-14,17,25H,10-11,15-16H2,(H,26,27). The second kappa shape index (κ2) is 8.39. The van der Waals surface area contributed by atoms with E-state index in [9.17, 15) is 0 Å². The molecule has 0 saturated carbocycles. The predicted octanol–water partition coefficient (Wildman–Crippen LogP) is 4.40. The molecule has 0 fully saturated rings. The van der Waals surface area contributed by atoms with Gasteiger partial charge in [0.15, 0.2) is 5.76 Å². The van der Waals surface area contributed by atoms with Crippen molar-refractivity contribution in [1.29, 1.82) is 0 Å². The molecule has 0 amide bonds. The van der Waals surface area contributed by atoms with Gasteiger partial charge in [-0.1, -0.05) is 48.5 Å². The Balaban J connectivity index is 1.39. The highest BCUT2D eigenvalue weighted by atomic mass is 16.3. The van der Waals surface area contributed by atoms with E-state index in [4.69, 9.17) is 9.52 Å². The fraction of sp³-hybridized carbons (Fsp3) is 0.167. The minimum Gasteiger partial charge on any atom is -0.454 e. The SMILES string of the molecule is c1ccc(Cn2cc(CNCCc3cn[nH]c3)c(-c3cc4ccccc4o3)n2)cc1. The molecule has 3 heterocycles. The van der Waals surface area contributed by atoms with Gasteiger partial charge in [0, 0.05) is 29.9 Å². The Kier molecular flexibility index (Phi) is 5.14. The van der Waals surface area contributed by atoms with Crippen molar-refractivity contribution in [3.8, 4) is 11.5 Å². The van der Waals surface area contributed by atoms with Gasteiger partial charge in [0.25, 0.3) is 0 Å². The number of hydrogen-bond acceptors (Lipinski definition) is 4. The number of H-pyrrole nitrogens is 1.